The molecule has 1 aromatic carbocycles. The van der Waals surface area contributed by atoms with Crippen LogP contribution in [0.4, 0.5) is 5.82 Å². The van der Waals surface area contributed by atoms with Crippen molar-refractivity contribution in [3.63, 3.8) is 0 Å². The average Bonchev–Trinajstić information content (AvgIpc) is 2.66. The smallest absolute Gasteiger partial charge is 0.239 e. The summed E-state index contributed by atoms with van der Waals surface area (Å²) in [5, 5.41) is 10.9. The van der Waals surface area contributed by atoms with Crippen molar-refractivity contribution in [1.82, 2.24) is 14.9 Å². The summed E-state index contributed by atoms with van der Waals surface area (Å²) in [6.07, 6.45) is 7.13. The van der Waals surface area contributed by atoms with Crippen LogP contribution in [0.3, 0.4) is 0 Å². The van der Waals surface area contributed by atoms with Crippen LogP contribution >= 0.6 is 0 Å². The lowest BCUT2D eigenvalue weighted by Gasteiger charge is -2.25. The van der Waals surface area contributed by atoms with E-state index in [0.717, 1.165) is 35.0 Å². The van der Waals surface area contributed by atoms with Gasteiger partial charge in [0, 0.05) is 25.7 Å². The van der Waals surface area contributed by atoms with E-state index in [2.05, 4.69) is 26.9 Å². The van der Waals surface area contributed by atoms with Crippen LogP contribution in [0.25, 0.3) is 16.3 Å². The number of fused-ring (bicyclic) bond motifs is 1. The molecule has 1 fully saturated rings. The second kappa shape index (κ2) is 8.77. The summed E-state index contributed by atoms with van der Waals surface area (Å²) < 4.78 is 0. The fourth-order valence-electron chi connectivity index (χ4n) is 3.17. The zero-order valence-electron chi connectivity index (χ0n) is 16.1. The summed E-state index contributed by atoms with van der Waals surface area (Å²) >= 11 is 0. The Morgan fingerprint density at radius 3 is 2.78 bits per heavy atom. The Kier molecular flexibility index (Phi) is 6.19. The molecule has 1 aliphatic rings. The van der Waals surface area contributed by atoms with Crippen LogP contribution in [0.1, 0.15) is 24.8 Å². The number of hydrogen-bond acceptors (Lipinski definition) is 5. The molecule has 1 aliphatic heterocycles. The lowest BCUT2D eigenvalue weighted by molar-refractivity contribution is -0.117. The summed E-state index contributed by atoms with van der Waals surface area (Å²) in [5.74, 6) is 0.566. The van der Waals surface area contributed by atoms with Gasteiger partial charge in [-0.1, -0.05) is 25.1 Å². The Hall–Kier alpha value is -2.73. The molecule has 0 atom stereocenters. The van der Waals surface area contributed by atoms with E-state index in [-0.39, 0.29) is 5.91 Å². The Labute approximate surface area is 160 Å². The molecular formula is C21H27N5O. The number of benzene rings is 1. The van der Waals surface area contributed by atoms with Gasteiger partial charge in [0.15, 0.2) is 0 Å². The number of nitrogens with zero attached hydrogens (tertiary/aromatic N) is 4. The van der Waals surface area contributed by atoms with Crippen LogP contribution < -0.4 is 5.32 Å². The number of hydrazone groups is 1. The molecule has 1 aromatic heterocycles. The van der Waals surface area contributed by atoms with E-state index in [9.17, 15) is 4.79 Å². The first-order valence-corrected chi connectivity index (χ1v) is 9.34. The van der Waals surface area contributed by atoms with Crippen molar-refractivity contribution in [2.75, 3.05) is 39.0 Å². The number of carbonyl (C=O) groups excluding carboxylic acids is 1. The molecular weight excluding hydrogens is 338 g/mol. The van der Waals surface area contributed by atoms with Gasteiger partial charge in [-0.2, -0.15) is 5.10 Å². The predicted molar refractivity (Wildman–Crippen MR) is 112 cm³/mol. The highest BCUT2D eigenvalue weighted by Gasteiger charge is 2.14. The minimum Gasteiger partial charge on any atom is -0.310 e. The molecule has 0 bridgehead atoms. The second-order valence-electron chi connectivity index (χ2n) is 7.13. The van der Waals surface area contributed by atoms with Gasteiger partial charge in [-0.15, -0.1) is 0 Å². The highest BCUT2D eigenvalue weighted by Crippen LogP contribution is 2.21. The minimum atomic E-state index is -0.0116. The average molecular weight is 365 g/mol. The second-order valence-corrected chi connectivity index (χ2v) is 7.13. The van der Waals surface area contributed by atoms with Crippen molar-refractivity contribution in [2.24, 2.45) is 5.10 Å². The van der Waals surface area contributed by atoms with E-state index >= 15 is 0 Å². The standard InChI is InChI=1S/C21H27N5O/c1-16(13-23-25(2)3)17-7-8-18-14-22-20(12-19(18)11-17)24-21(27)15-26-9-5-4-6-10-26/h7-8,11-14H,1,4-6,9-10,15H2,2-3H3,(H,22,24,27)/b23-13-. The molecule has 6 nitrogen and oxygen atoms in total. The van der Waals surface area contributed by atoms with Gasteiger partial charge in [0.2, 0.25) is 5.91 Å². The van der Waals surface area contributed by atoms with E-state index in [4.69, 9.17) is 0 Å². The quantitative estimate of drug-likeness (QED) is 0.631. The van der Waals surface area contributed by atoms with E-state index in [1.165, 1.54) is 19.3 Å². The van der Waals surface area contributed by atoms with Crippen LogP contribution in [0.15, 0.2) is 42.1 Å². The van der Waals surface area contributed by atoms with Crippen LogP contribution in [0.2, 0.25) is 0 Å². The van der Waals surface area contributed by atoms with Gasteiger partial charge in [0.25, 0.3) is 0 Å². The van der Waals surface area contributed by atoms with Gasteiger partial charge < -0.3 is 10.3 Å². The van der Waals surface area contributed by atoms with Crippen molar-refractivity contribution in [2.45, 2.75) is 19.3 Å². The largest absolute Gasteiger partial charge is 0.310 e. The number of hydrogen-bond donors (Lipinski definition) is 1. The first-order valence-electron chi connectivity index (χ1n) is 9.34. The Morgan fingerprint density at radius 1 is 1.26 bits per heavy atom. The molecule has 0 aliphatic carbocycles. The summed E-state index contributed by atoms with van der Waals surface area (Å²) in [4.78, 5) is 18.9. The van der Waals surface area contributed by atoms with Crippen LogP contribution in [-0.2, 0) is 4.79 Å². The number of pyridine rings is 1. The fraction of sp³-hybridized carbons (Fsp3) is 0.381. The van der Waals surface area contributed by atoms with Gasteiger partial charge in [0.05, 0.1) is 12.8 Å². The third-order valence-corrected chi connectivity index (χ3v) is 4.62. The molecule has 1 amide bonds. The van der Waals surface area contributed by atoms with Gasteiger partial charge in [0.1, 0.15) is 5.82 Å². The number of allylic oxidation sites excluding steroid dienone is 1. The van der Waals surface area contributed by atoms with Gasteiger partial charge >= 0.3 is 0 Å². The normalized spacial score (nSPS) is 15.2. The van der Waals surface area contributed by atoms with Crippen LogP contribution in [0, 0.1) is 0 Å². The number of amides is 1. The zero-order chi connectivity index (χ0) is 19.2. The zero-order valence-corrected chi connectivity index (χ0v) is 16.1. The van der Waals surface area contributed by atoms with Gasteiger partial charge in [-0.25, -0.2) is 4.98 Å². The molecule has 0 spiro atoms. The minimum absolute atomic E-state index is 0.0116. The number of likely N-dealkylation sites (tertiary alicyclic amines) is 1. The topological polar surface area (TPSA) is 60.8 Å². The molecule has 2 aromatic rings. The van der Waals surface area contributed by atoms with Crippen molar-refractivity contribution < 1.29 is 4.79 Å². The van der Waals surface area contributed by atoms with E-state index in [1.807, 2.05) is 38.4 Å². The Balaban J connectivity index is 1.71. The number of aromatic nitrogens is 1. The lowest BCUT2D eigenvalue weighted by Crippen LogP contribution is -2.36. The summed E-state index contributed by atoms with van der Waals surface area (Å²) in [6, 6.07) is 7.96. The third kappa shape index (κ3) is 5.37. The molecule has 142 valence electrons. The van der Waals surface area contributed by atoms with Gasteiger partial charge in [-0.05, 0) is 54.6 Å². The van der Waals surface area contributed by atoms with E-state index in [0.29, 0.717) is 12.4 Å². The molecule has 2 heterocycles. The monoisotopic (exact) mass is 365 g/mol. The highest BCUT2D eigenvalue weighted by atomic mass is 16.2. The van der Waals surface area contributed by atoms with E-state index < -0.39 is 0 Å². The van der Waals surface area contributed by atoms with Crippen molar-refractivity contribution >= 4 is 34.3 Å². The van der Waals surface area contributed by atoms with Crippen LogP contribution in [0.5, 0.6) is 0 Å². The van der Waals surface area contributed by atoms with Crippen LogP contribution in [-0.4, -0.2) is 60.7 Å². The Bertz CT molecular complexity index is 853. The molecule has 0 saturated carbocycles. The fourth-order valence-corrected chi connectivity index (χ4v) is 3.17. The summed E-state index contributed by atoms with van der Waals surface area (Å²) in [5.41, 5.74) is 1.82. The number of piperidine rings is 1. The van der Waals surface area contributed by atoms with Crippen molar-refractivity contribution in [1.29, 1.82) is 0 Å². The predicted octanol–water partition coefficient (Wildman–Crippen LogP) is 3.22. The molecule has 0 radical (unpaired) electrons. The molecule has 1 saturated heterocycles. The summed E-state index contributed by atoms with van der Waals surface area (Å²) in [6.45, 7) is 6.50. The van der Waals surface area contributed by atoms with Gasteiger partial charge in [-0.3, -0.25) is 9.69 Å². The van der Waals surface area contributed by atoms with E-state index in [1.54, 1.807) is 17.4 Å². The number of carbonyl (C=O) groups is 1. The van der Waals surface area contributed by atoms with Crippen molar-refractivity contribution in [3.8, 4) is 0 Å². The SMILES string of the molecule is C=C(/C=N\N(C)C)c1ccc2cnc(NC(=O)CN3CCCCC3)cc2c1. The maximum absolute atomic E-state index is 12.3. The molecule has 1 N–H and O–H groups in total. The third-order valence-electron chi connectivity index (χ3n) is 4.62. The first-order chi connectivity index (χ1) is 13.0. The number of anilines is 1. The maximum Gasteiger partial charge on any atom is 0.239 e. The summed E-state index contributed by atoms with van der Waals surface area (Å²) in [7, 11) is 3.74. The lowest BCUT2D eigenvalue weighted by atomic mass is 10.0. The highest BCUT2D eigenvalue weighted by molar-refractivity contribution is 6.09. The maximum atomic E-state index is 12.3. The molecule has 3 rings (SSSR count). The van der Waals surface area contributed by atoms with Crippen molar-refractivity contribution in [3.05, 3.63) is 42.6 Å². The number of rotatable bonds is 6. The molecule has 0 unspecified atom stereocenters. The molecule has 27 heavy (non-hydrogen) atoms. The Morgan fingerprint density at radius 2 is 2.04 bits per heavy atom. The first kappa shape index (κ1) is 19.0. The number of nitrogens with one attached hydrogen (secondary N) is 1. The molecule has 6 heteroatoms.